The Morgan fingerprint density at radius 1 is 1.47 bits per heavy atom. The molecule has 0 spiro atoms. The molecule has 3 fully saturated rings. The second-order valence-electron chi connectivity index (χ2n) is 6.02. The van der Waals surface area contributed by atoms with Gasteiger partial charge in [-0.25, -0.2) is 0 Å². The Morgan fingerprint density at radius 3 is 3.00 bits per heavy atom. The lowest BCUT2D eigenvalue weighted by Crippen LogP contribution is -2.38. The molecule has 3 rings (SSSR count). The molecule has 0 aromatic heterocycles. The zero-order chi connectivity index (χ0) is 11.9. The molecule has 2 heterocycles. The normalized spacial score (nSPS) is 40.9. The average Bonchev–Trinajstić information content (AvgIpc) is 3.03. The SMILES string of the molecule is O=C([C@@H]1CCNC1)N1C[C@@H]2CCC[C@]2(CO)C1. The van der Waals surface area contributed by atoms with Crippen LogP contribution in [0.3, 0.4) is 0 Å². The van der Waals surface area contributed by atoms with Gasteiger partial charge in [-0.05, 0) is 31.7 Å². The molecule has 2 N–H and O–H groups in total. The predicted molar refractivity (Wildman–Crippen MR) is 64.4 cm³/mol. The van der Waals surface area contributed by atoms with Gasteiger partial charge in [-0.3, -0.25) is 4.79 Å². The van der Waals surface area contributed by atoms with E-state index in [9.17, 15) is 9.90 Å². The standard InChI is InChI=1S/C13H22N2O2/c16-9-13-4-1-2-11(13)7-15(8-13)12(17)10-3-5-14-6-10/h10-11,14,16H,1-9H2/t10-,11+,13-/m1/s1. The lowest BCUT2D eigenvalue weighted by Gasteiger charge is -2.26. The molecule has 0 unspecified atom stereocenters. The van der Waals surface area contributed by atoms with E-state index in [1.165, 1.54) is 12.8 Å². The van der Waals surface area contributed by atoms with Crippen LogP contribution in [0.15, 0.2) is 0 Å². The number of amides is 1. The highest BCUT2D eigenvalue weighted by molar-refractivity contribution is 5.79. The highest BCUT2D eigenvalue weighted by Crippen LogP contribution is 2.48. The minimum Gasteiger partial charge on any atom is -0.396 e. The number of hydrogen-bond acceptors (Lipinski definition) is 3. The molecule has 4 nitrogen and oxygen atoms in total. The Balaban J connectivity index is 1.69. The fraction of sp³-hybridized carbons (Fsp3) is 0.923. The van der Waals surface area contributed by atoms with E-state index >= 15 is 0 Å². The summed E-state index contributed by atoms with van der Waals surface area (Å²) in [5, 5.41) is 12.9. The van der Waals surface area contributed by atoms with E-state index < -0.39 is 0 Å². The van der Waals surface area contributed by atoms with Crippen molar-refractivity contribution in [2.75, 3.05) is 32.8 Å². The van der Waals surface area contributed by atoms with Crippen molar-refractivity contribution >= 4 is 5.91 Å². The van der Waals surface area contributed by atoms with Gasteiger partial charge in [0.15, 0.2) is 0 Å². The van der Waals surface area contributed by atoms with Crippen LogP contribution >= 0.6 is 0 Å². The number of carbonyl (C=O) groups is 1. The van der Waals surface area contributed by atoms with Crippen LogP contribution in [0.1, 0.15) is 25.7 Å². The topological polar surface area (TPSA) is 52.6 Å². The summed E-state index contributed by atoms with van der Waals surface area (Å²) in [6.07, 6.45) is 4.48. The number of aliphatic hydroxyl groups is 1. The molecule has 1 amide bonds. The van der Waals surface area contributed by atoms with Gasteiger partial charge in [0, 0.05) is 25.0 Å². The third kappa shape index (κ3) is 1.78. The fourth-order valence-electron chi connectivity index (χ4n) is 3.96. The fourth-order valence-corrected chi connectivity index (χ4v) is 3.96. The van der Waals surface area contributed by atoms with Gasteiger partial charge >= 0.3 is 0 Å². The van der Waals surface area contributed by atoms with Gasteiger partial charge in [0.1, 0.15) is 0 Å². The highest BCUT2D eigenvalue weighted by Gasteiger charge is 2.50. The monoisotopic (exact) mass is 238 g/mol. The molecule has 2 saturated heterocycles. The molecule has 0 bridgehead atoms. The van der Waals surface area contributed by atoms with E-state index in [4.69, 9.17) is 0 Å². The largest absolute Gasteiger partial charge is 0.396 e. The van der Waals surface area contributed by atoms with E-state index in [2.05, 4.69) is 5.32 Å². The van der Waals surface area contributed by atoms with Gasteiger partial charge in [0.05, 0.1) is 12.5 Å². The molecule has 4 heteroatoms. The molecule has 96 valence electrons. The van der Waals surface area contributed by atoms with Crippen molar-refractivity contribution in [1.29, 1.82) is 0 Å². The molecule has 0 radical (unpaired) electrons. The Morgan fingerprint density at radius 2 is 2.35 bits per heavy atom. The minimum atomic E-state index is 0.0433. The molecule has 0 aromatic rings. The second kappa shape index (κ2) is 4.25. The third-order valence-corrected chi connectivity index (χ3v) is 5.08. The summed E-state index contributed by atoms with van der Waals surface area (Å²) in [4.78, 5) is 14.4. The van der Waals surface area contributed by atoms with Crippen LogP contribution < -0.4 is 5.32 Å². The number of aliphatic hydroxyl groups excluding tert-OH is 1. The Hall–Kier alpha value is -0.610. The van der Waals surface area contributed by atoms with Crippen LogP contribution in [-0.2, 0) is 4.79 Å². The summed E-state index contributed by atoms with van der Waals surface area (Å²) in [6.45, 7) is 3.74. The molecule has 17 heavy (non-hydrogen) atoms. The molecule has 3 aliphatic rings. The van der Waals surface area contributed by atoms with Crippen molar-refractivity contribution in [2.24, 2.45) is 17.3 Å². The number of hydrogen-bond donors (Lipinski definition) is 2. The first kappa shape index (κ1) is 11.5. The van der Waals surface area contributed by atoms with Crippen molar-refractivity contribution in [3.05, 3.63) is 0 Å². The van der Waals surface area contributed by atoms with Crippen molar-refractivity contribution in [1.82, 2.24) is 10.2 Å². The van der Waals surface area contributed by atoms with E-state index in [1.54, 1.807) is 0 Å². The van der Waals surface area contributed by atoms with Gasteiger partial charge in [-0.1, -0.05) is 6.42 Å². The summed E-state index contributed by atoms with van der Waals surface area (Å²) >= 11 is 0. The molecule has 2 aliphatic heterocycles. The molecule has 0 aromatic carbocycles. The summed E-state index contributed by atoms with van der Waals surface area (Å²) in [7, 11) is 0. The van der Waals surface area contributed by atoms with Gasteiger partial charge < -0.3 is 15.3 Å². The van der Waals surface area contributed by atoms with Crippen molar-refractivity contribution in [3.63, 3.8) is 0 Å². The number of carbonyl (C=O) groups excluding carboxylic acids is 1. The molecule has 1 saturated carbocycles. The maximum Gasteiger partial charge on any atom is 0.227 e. The molecule has 3 atom stereocenters. The number of likely N-dealkylation sites (tertiary alicyclic amines) is 1. The highest BCUT2D eigenvalue weighted by atomic mass is 16.3. The first-order chi connectivity index (χ1) is 8.25. The molecule has 1 aliphatic carbocycles. The maximum absolute atomic E-state index is 12.3. The van der Waals surface area contributed by atoms with E-state index in [1.807, 2.05) is 4.90 Å². The van der Waals surface area contributed by atoms with Crippen LogP contribution in [0.4, 0.5) is 0 Å². The van der Waals surface area contributed by atoms with Gasteiger partial charge in [-0.2, -0.15) is 0 Å². The van der Waals surface area contributed by atoms with E-state index in [0.29, 0.717) is 11.8 Å². The summed E-state index contributed by atoms with van der Waals surface area (Å²) in [6, 6.07) is 0. The van der Waals surface area contributed by atoms with Gasteiger partial charge in [-0.15, -0.1) is 0 Å². The summed E-state index contributed by atoms with van der Waals surface area (Å²) < 4.78 is 0. The first-order valence-electron chi connectivity index (χ1n) is 6.85. The van der Waals surface area contributed by atoms with Crippen LogP contribution in [-0.4, -0.2) is 48.7 Å². The Bertz CT molecular complexity index is 315. The molecular weight excluding hydrogens is 216 g/mol. The zero-order valence-electron chi connectivity index (χ0n) is 10.3. The average molecular weight is 238 g/mol. The number of fused-ring (bicyclic) bond motifs is 1. The van der Waals surface area contributed by atoms with Crippen molar-refractivity contribution < 1.29 is 9.90 Å². The number of nitrogens with zero attached hydrogens (tertiary/aromatic N) is 1. The lowest BCUT2D eigenvalue weighted by atomic mass is 9.82. The Kier molecular flexibility index (Phi) is 2.87. The van der Waals surface area contributed by atoms with Crippen LogP contribution in [0.2, 0.25) is 0 Å². The third-order valence-electron chi connectivity index (χ3n) is 5.08. The smallest absolute Gasteiger partial charge is 0.227 e. The minimum absolute atomic E-state index is 0.0433. The van der Waals surface area contributed by atoms with E-state index in [-0.39, 0.29) is 17.9 Å². The Labute approximate surface area is 102 Å². The van der Waals surface area contributed by atoms with Gasteiger partial charge in [0.2, 0.25) is 5.91 Å². The summed E-state index contributed by atoms with van der Waals surface area (Å²) in [5.41, 5.74) is 0.0433. The van der Waals surface area contributed by atoms with Crippen LogP contribution in [0, 0.1) is 17.3 Å². The number of rotatable bonds is 2. The van der Waals surface area contributed by atoms with E-state index in [0.717, 1.165) is 39.0 Å². The zero-order valence-corrected chi connectivity index (χ0v) is 10.3. The predicted octanol–water partition coefficient (Wildman–Crippen LogP) is 0.217. The van der Waals surface area contributed by atoms with Crippen molar-refractivity contribution in [2.45, 2.75) is 25.7 Å². The maximum atomic E-state index is 12.3. The lowest BCUT2D eigenvalue weighted by molar-refractivity contribution is -0.134. The van der Waals surface area contributed by atoms with Gasteiger partial charge in [0.25, 0.3) is 0 Å². The summed E-state index contributed by atoms with van der Waals surface area (Å²) in [5.74, 6) is 1.05. The molecular formula is C13H22N2O2. The second-order valence-corrected chi connectivity index (χ2v) is 6.02. The first-order valence-corrected chi connectivity index (χ1v) is 6.85. The van der Waals surface area contributed by atoms with Crippen LogP contribution in [0.25, 0.3) is 0 Å². The number of nitrogens with one attached hydrogen (secondary N) is 1. The van der Waals surface area contributed by atoms with Crippen molar-refractivity contribution in [3.8, 4) is 0 Å². The quantitative estimate of drug-likeness (QED) is 0.723. The van der Waals surface area contributed by atoms with Crippen LogP contribution in [0.5, 0.6) is 0 Å².